The van der Waals surface area contributed by atoms with E-state index in [1.165, 1.54) is 0 Å². The molecule has 0 fully saturated rings. The van der Waals surface area contributed by atoms with Gasteiger partial charge in [-0.1, -0.05) is 6.58 Å². The summed E-state index contributed by atoms with van der Waals surface area (Å²) >= 11 is 0. The zero-order valence-electron chi connectivity index (χ0n) is 11.6. The normalized spacial score (nSPS) is 11.4. The number of hydrogen-bond donors (Lipinski definition) is 1. The van der Waals surface area contributed by atoms with E-state index in [1.807, 2.05) is 31.9 Å². The smallest absolute Gasteiger partial charge is 0.117 e. The van der Waals surface area contributed by atoms with E-state index in [0.717, 1.165) is 29.9 Å². The summed E-state index contributed by atoms with van der Waals surface area (Å²) < 4.78 is 1.92. The molecule has 0 aliphatic heterocycles. The van der Waals surface area contributed by atoms with Crippen LogP contribution >= 0.6 is 0 Å². The zero-order valence-corrected chi connectivity index (χ0v) is 11.6. The van der Waals surface area contributed by atoms with Crippen LogP contribution in [0.1, 0.15) is 18.2 Å². The summed E-state index contributed by atoms with van der Waals surface area (Å²) in [5.74, 6) is 0.272. The molecule has 0 aliphatic rings. The van der Waals surface area contributed by atoms with E-state index in [2.05, 4.69) is 21.6 Å². The summed E-state index contributed by atoms with van der Waals surface area (Å²) in [6, 6.07) is 0. The van der Waals surface area contributed by atoms with Gasteiger partial charge in [0.25, 0.3) is 0 Å². The van der Waals surface area contributed by atoms with Crippen molar-refractivity contribution >= 4 is 17.6 Å². The van der Waals surface area contributed by atoms with Gasteiger partial charge in [0.1, 0.15) is 5.84 Å². The van der Waals surface area contributed by atoms with Crippen LogP contribution in [0.4, 0.5) is 0 Å². The van der Waals surface area contributed by atoms with Gasteiger partial charge in [0.05, 0.1) is 12.2 Å². The molecule has 5 nitrogen and oxygen atoms in total. The summed E-state index contributed by atoms with van der Waals surface area (Å²) in [5.41, 5.74) is 2.71. The molecular weight excluding hydrogens is 226 g/mol. The third-order valence-electron chi connectivity index (χ3n) is 2.48. The summed E-state index contributed by atoms with van der Waals surface area (Å²) in [7, 11) is 4.07. The van der Waals surface area contributed by atoms with Crippen molar-refractivity contribution in [2.75, 3.05) is 20.6 Å². The van der Waals surface area contributed by atoms with Crippen LogP contribution in [-0.2, 0) is 6.54 Å². The van der Waals surface area contributed by atoms with E-state index < -0.39 is 0 Å². The van der Waals surface area contributed by atoms with E-state index in [9.17, 15) is 0 Å². The SMILES string of the molecule is C=C(C=NC(C)=N)c1cn(CCN(C)C)nc1C. The van der Waals surface area contributed by atoms with Gasteiger partial charge in [-0.2, -0.15) is 5.10 Å². The number of allylic oxidation sites excluding steroid dienone is 1. The van der Waals surface area contributed by atoms with Gasteiger partial charge < -0.3 is 4.90 Å². The fourth-order valence-corrected chi connectivity index (χ4v) is 1.49. The Labute approximate surface area is 108 Å². The maximum atomic E-state index is 7.26. The molecule has 0 radical (unpaired) electrons. The van der Waals surface area contributed by atoms with Crippen molar-refractivity contribution in [1.29, 1.82) is 5.41 Å². The first kappa shape index (κ1) is 14.3. The quantitative estimate of drug-likeness (QED) is 0.637. The van der Waals surface area contributed by atoms with Crippen molar-refractivity contribution in [1.82, 2.24) is 14.7 Å². The topological polar surface area (TPSA) is 57.3 Å². The minimum absolute atomic E-state index is 0.272. The minimum Gasteiger partial charge on any atom is -0.308 e. The lowest BCUT2D eigenvalue weighted by atomic mass is 10.1. The van der Waals surface area contributed by atoms with Crippen molar-refractivity contribution < 1.29 is 0 Å². The Morgan fingerprint density at radius 3 is 2.83 bits per heavy atom. The molecule has 5 heteroatoms. The molecule has 0 aliphatic carbocycles. The number of rotatable bonds is 5. The standard InChI is InChI=1S/C13H21N5/c1-10(8-15-12(3)14)13-9-18(16-11(13)2)7-6-17(4)5/h8-9,14H,1,6-7H2,2-5H3. The predicted molar refractivity (Wildman–Crippen MR) is 76.4 cm³/mol. The molecule has 0 atom stereocenters. The number of likely N-dealkylation sites (N-methyl/N-ethyl adjacent to an activating group) is 1. The van der Waals surface area contributed by atoms with E-state index in [4.69, 9.17) is 5.41 Å². The highest BCUT2D eigenvalue weighted by atomic mass is 15.3. The van der Waals surface area contributed by atoms with Gasteiger partial charge in [0.2, 0.25) is 0 Å². The van der Waals surface area contributed by atoms with Crippen molar-refractivity contribution in [3.8, 4) is 0 Å². The van der Waals surface area contributed by atoms with Crippen LogP contribution in [0.5, 0.6) is 0 Å². The number of amidine groups is 1. The highest BCUT2D eigenvalue weighted by Gasteiger charge is 2.07. The van der Waals surface area contributed by atoms with Crippen LogP contribution in [0.15, 0.2) is 17.8 Å². The maximum Gasteiger partial charge on any atom is 0.117 e. The number of aromatic nitrogens is 2. The highest BCUT2D eigenvalue weighted by Crippen LogP contribution is 2.14. The Morgan fingerprint density at radius 1 is 1.61 bits per heavy atom. The number of aliphatic imine (C=N–C) groups is 1. The molecular formula is C13H21N5. The maximum absolute atomic E-state index is 7.26. The monoisotopic (exact) mass is 247 g/mol. The molecule has 1 heterocycles. The molecule has 1 rings (SSSR count). The van der Waals surface area contributed by atoms with E-state index >= 15 is 0 Å². The minimum atomic E-state index is 0.272. The Bertz CT molecular complexity index is 468. The first-order valence-corrected chi connectivity index (χ1v) is 5.87. The van der Waals surface area contributed by atoms with Crippen molar-refractivity contribution in [2.24, 2.45) is 4.99 Å². The van der Waals surface area contributed by atoms with Gasteiger partial charge in [0, 0.05) is 24.5 Å². The van der Waals surface area contributed by atoms with Crippen LogP contribution in [0.2, 0.25) is 0 Å². The molecule has 0 unspecified atom stereocenters. The lowest BCUT2D eigenvalue weighted by Gasteiger charge is -2.08. The summed E-state index contributed by atoms with van der Waals surface area (Å²) in [4.78, 5) is 6.06. The Balaban J connectivity index is 2.78. The Morgan fingerprint density at radius 2 is 2.28 bits per heavy atom. The Kier molecular flexibility index (Phi) is 4.97. The molecule has 0 spiro atoms. The van der Waals surface area contributed by atoms with E-state index in [1.54, 1.807) is 13.1 Å². The molecule has 0 aromatic carbocycles. The molecule has 0 amide bonds. The fraction of sp³-hybridized carbons (Fsp3) is 0.462. The van der Waals surface area contributed by atoms with Crippen LogP contribution in [0.3, 0.4) is 0 Å². The Hall–Kier alpha value is -1.75. The highest BCUT2D eigenvalue weighted by molar-refractivity contribution is 6.12. The first-order chi connectivity index (χ1) is 8.40. The van der Waals surface area contributed by atoms with E-state index in [-0.39, 0.29) is 5.84 Å². The van der Waals surface area contributed by atoms with Gasteiger partial charge in [0.15, 0.2) is 0 Å². The van der Waals surface area contributed by atoms with Gasteiger partial charge in [-0.25, -0.2) is 4.99 Å². The van der Waals surface area contributed by atoms with Crippen LogP contribution in [0, 0.1) is 12.3 Å². The van der Waals surface area contributed by atoms with Gasteiger partial charge in [-0.05, 0) is 33.5 Å². The zero-order chi connectivity index (χ0) is 13.7. The lowest BCUT2D eigenvalue weighted by molar-refractivity contribution is 0.373. The molecule has 0 saturated carbocycles. The average molecular weight is 247 g/mol. The van der Waals surface area contributed by atoms with Crippen LogP contribution < -0.4 is 0 Å². The number of nitrogens with one attached hydrogen (secondary N) is 1. The third kappa shape index (κ3) is 4.25. The molecule has 1 aromatic heterocycles. The second-order valence-corrected chi connectivity index (χ2v) is 4.56. The van der Waals surface area contributed by atoms with Crippen molar-refractivity contribution in [3.05, 3.63) is 24.0 Å². The molecule has 1 aromatic rings. The molecule has 1 N–H and O–H groups in total. The van der Waals surface area contributed by atoms with Crippen LogP contribution in [0.25, 0.3) is 5.57 Å². The fourth-order valence-electron chi connectivity index (χ4n) is 1.49. The largest absolute Gasteiger partial charge is 0.308 e. The first-order valence-electron chi connectivity index (χ1n) is 5.87. The summed E-state index contributed by atoms with van der Waals surface area (Å²) in [6.07, 6.45) is 3.59. The molecule has 98 valence electrons. The average Bonchev–Trinajstić information content (AvgIpc) is 2.64. The van der Waals surface area contributed by atoms with Gasteiger partial charge in [-0.15, -0.1) is 0 Å². The third-order valence-corrected chi connectivity index (χ3v) is 2.48. The van der Waals surface area contributed by atoms with Crippen molar-refractivity contribution in [2.45, 2.75) is 20.4 Å². The van der Waals surface area contributed by atoms with Crippen LogP contribution in [-0.4, -0.2) is 47.4 Å². The van der Waals surface area contributed by atoms with Gasteiger partial charge in [-0.3, -0.25) is 10.1 Å². The predicted octanol–water partition coefficient (Wildman–Crippen LogP) is 1.83. The lowest BCUT2D eigenvalue weighted by Crippen LogP contribution is -2.18. The van der Waals surface area contributed by atoms with Gasteiger partial charge >= 0.3 is 0 Å². The van der Waals surface area contributed by atoms with E-state index in [0.29, 0.717) is 0 Å². The second-order valence-electron chi connectivity index (χ2n) is 4.56. The number of nitrogens with zero attached hydrogens (tertiary/aromatic N) is 4. The number of hydrogen-bond acceptors (Lipinski definition) is 3. The molecule has 0 saturated heterocycles. The molecule has 18 heavy (non-hydrogen) atoms. The summed E-state index contributed by atoms with van der Waals surface area (Å²) in [5, 5.41) is 11.7. The number of aryl methyl sites for hydroxylation is 1. The second kappa shape index (κ2) is 6.26. The van der Waals surface area contributed by atoms with Crippen molar-refractivity contribution in [3.63, 3.8) is 0 Å². The summed E-state index contributed by atoms with van der Waals surface area (Å²) in [6.45, 7) is 9.34. The molecule has 0 bridgehead atoms.